The molecule has 3 aromatic rings. The Hall–Kier alpha value is -3.72. The maximum atomic E-state index is 12.9. The van der Waals surface area contributed by atoms with E-state index in [4.69, 9.17) is 20.4 Å². The first-order chi connectivity index (χ1) is 14.7. The van der Waals surface area contributed by atoms with Crippen molar-refractivity contribution in [2.75, 3.05) is 19.9 Å². The van der Waals surface area contributed by atoms with Crippen LogP contribution in [0.1, 0.15) is 40.4 Å². The van der Waals surface area contributed by atoms with Crippen molar-refractivity contribution >= 4 is 5.91 Å². The van der Waals surface area contributed by atoms with Crippen molar-refractivity contribution < 1.29 is 18.8 Å². The Kier molecular flexibility index (Phi) is 4.64. The number of likely N-dealkylation sites (tertiary alicyclic amines) is 1. The number of fused-ring (bicyclic) bond motifs is 1. The minimum Gasteiger partial charge on any atom is -0.454 e. The predicted octanol–water partition coefficient (Wildman–Crippen LogP) is 4.07. The maximum absolute atomic E-state index is 12.9. The molecule has 0 N–H and O–H groups in total. The molecule has 0 saturated carbocycles. The molecule has 30 heavy (non-hydrogen) atoms. The zero-order valence-corrected chi connectivity index (χ0v) is 16.3. The number of piperidine rings is 1. The van der Waals surface area contributed by atoms with Crippen molar-refractivity contribution in [1.82, 2.24) is 10.1 Å². The van der Waals surface area contributed by atoms with E-state index in [2.05, 4.69) is 23.2 Å². The van der Waals surface area contributed by atoms with E-state index in [9.17, 15) is 4.79 Å². The SMILES string of the molecule is C#Cc1ccc(C2CCN(C(=O)c3cc(-c4ccc5c(c4)OCO5)on3)CC2)cc1. The highest BCUT2D eigenvalue weighted by Crippen LogP contribution is 2.36. The number of ether oxygens (including phenoxy) is 2. The summed E-state index contributed by atoms with van der Waals surface area (Å²) in [6.45, 7) is 1.59. The maximum Gasteiger partial charge on any atom is 0.276 e. The fraction of sp³-hybridized carbons (Fsp3) is 0.250. The fourth-order valence-electron chi connectivity index (χ4n) is 3.99. The lowest BCUT2D eigenvalue weighted by molar-refractivity contribution is 0.0702. The number of rotatable bonds is 3. The number of carbonyl (C=O) groups excluding carboxylic acids is 1. The molecule has 1 aromatic heterocycles. The number of nitrogens with zero attached hydrogens (tertiary/aromatic N) is 2. The summed E-state index contributed by atoms with van der Waals surface area (Å²) in [6, 6.07) is 15.3. The van der Waals surface area contributed by atoms with E-state index in [-0.39, 0.29) is 12.7 Å². The number of benzene rings is 2. The lowest BCUT2D eigenvalue weighted by Gasteiger charge is -2.31. The van der Waals surface area contributed by atoms with E-state index in [1.165, 1.54) is 5.56 Å². The molecule has 2 aliphatic heterocycles. The first-order valence-electron chi connectivity index (χ1n) is 9.94. The van der Waals surface area contributed by atoms with Gasteiger partial charge in [0.25, 0.3) is 5.91 Å². The molecular weight excluding hydrogens is 380 g/mol. The molecule has 2 aliphatic rings. The molecule has 0 spiro atoms. The van der Waals surface area contributed by atoms with Gasteiger partial charge in [-0.25, -0.2) is 0 Å². The van der Waals surface area contributed by atoms with E-state index in [1.54, 1.807) is 6.07 Å². The van der Waals surface area contributed by atoms with E-state index in [1.807, 2.05) is 35.2 Å². The summed E-state index contributed by atoms with van der Waals surface area (Å²) in [6.07, 6.45) is 7.25. The van der Waals surface area contributed by atoms with E-state index >= 15 is 0 Å². The first-order valence-corrected chi connectivity index (χ1v) is 9.94. The molecule has 1 amide bonds. The molecule has 0 unspecified atom stereocenters. The number of carbonyl (C=O) groups is 1. The van der Waals surface area contributed by atoms with Crippen molar-refractivity contribution in [3.8, 4) is 35.2 Å². The van der Waals surface area contributed by atoms with Gasteiger partial charge in [0.05, 0.1) is 0 Å². The molecule has 0 atom stereocenters. The summed E-state index contributed by atoms with van der Waals surface area (Å²) in [5, 5.41) is 4.00. The van der Waals surface area contributed by atoms with Crippen LogP contribution in [0, 0.1) is 12.3 Å². The van der Waals surface area contributed by atoms with Crippen LogP contribution in [0.25, 0.3) is 11.3 Å². The Balaban J connectivity index is 1.24. The highest BCUT2D eigenvalue weighted by atomic mass is 16.7. The van der Waals surface area contributed by atoms with Gasteiger partial charge in [-0.1, -0.05) is 23.2 Å². The smallest absolute Gasteiger partial charge is 0.276 e. The van der Waals surface area contributed by atoms with Crippen LogP contribution >= 0.6 is 0 Å². The number of terminal acetylenes is 1. The van der Waals surface area contributed by atoms with Crippen LogP contribution in [-0.4, -0.2) is 35.8 Å². The summed E-state index contributed by atoms with van der Waals surface area (Å²) >= 11 is 0. The van der Waals surface area contributed by atoms with Gasteiger partial charge in [0.1, 0.15) is 0 Å². The van der Waals surface area contributed by atoms with E-state index < -0.39 is 0 Å². The monoisotopic (exact) mass is 400 g/mol. The minimum absolute atomic E-state index is 0.105. The van der Waals surface area contributed by atoms with Crippen molar-refractivity contribution in [3.63, 3.8) is 0 Å². The van der Waals surface area contributed by atoms with Gasteiger partial charge >= 0.3 is 0 Å². The van der Waals surface area contributed by atoms with Crippen LogP contribution in [0.5, 0.6) is 11.5 Å². The van der Waals surface area contributed by atoms with Gasteiger partial charge in [-0.15, -0.1) is 6.42 Å². The topological polar surface area (TPSA) is 64.8 Å². The normalized spacial score (nSPS) is 15.8. The Bertz CT molecular complexity index is 1120. The third-order valence-electron chi connectivity index (χ3n) is 5.72. The lowest BCUT2D eigenvalue weighted by atomic mass is 9.89. The average Bonchev–Trinajstić information content (AvgIpc) is 3.48. The quantitative estimate of drug-likeness (QED) is 0.620. The fourth-order valence-corrected chi connectivity index (χ4v) is 3.99. The molecule has 1 fully saturated rings. The van der Waals surface area contributed by atoms with Crippen molar-refractivity contribution in [3.05, 3.63) is 65.4 Å². The van der Waals surface area contributed by atoms with Gasteiger partial charge < -0.3 is 18.9 Å². The molecule has 3 heterocycles. The molecule has 0 aliphatic carbocycles. The zero-order chi connectivity index (χ0) is 20.5. The Morgan fingerprint density at radius 2 is 1.80 bits per heavy atom. The summed E-state index contributed by atoms with van der Waals surface area (Å²) in [4.78, 5) is 14.7. The number of amides is 1. The Morgan fingerprint density at radius 3 is 2.57 bits per heavy atom. The number of hydrogen-bond acceptors (Lipinski definition) is 5. The van der Waals surface area contributed by atoms with Gasteiger partial charge in [0.15, 0.2) is 23.0 Å². The van der Waals surface area contributed by atoms with Crippen LogP contribution in [0.15, 0.2) is 53.1 Å². The molecule has 150 valence electrons. The van der Waals surface area contributed by atoms with Crippen molar-refractivity contribution in [1.29, 1.82) is 0 Å². The summed E-state index contributed by atoms with van der Waals surface area (Å²) in [7, 11) is 0. The zero-order valence-electron chi connectivity index (χ0n) is 16.3. The Morgan fingerprint density at radius 1 is 1.03 bits per heavy atom. The Labute approximate surface area is 174 Å². The summed E-state index contributed by atoms with van der Waals surface area (Å²) in [5.41, 5.74) is 3.27. The molecule has 1 saturated heterocycles. The summed E-state index contributed by atoms with van der Waals surface area (Å²) < 4.78 is 16.2. The van der Waals surface area contributed by atoms with Gasteiger partial charge in [-0.2, -0.15) is 0 Å². The predicted molar refractivity (Wildman–Crippen MR) is 110 cm³/mol. The van der Waals surface area contributed by atoms with Crippen LogP contribution in [0.4, 0.5) is 0 Å². The molecule has 0 radical (unpaired) electrons. The standard InChI is InChI=1S/C24H20N2O4/c1-2-16-3-5-17(6-4-16)18-9-11-26(12-10-18)24(27)20-14-22(30-25-20)19-7-8-21-23(13-19)29-15-28-21/h1,3-8,13-14,18H,9-12,15H2. The van der Waals surface area contributed by atoms with Gasteiger partial charge in [-0.3, -0.25) is 4.79 Å². The molecule has 0 bridgehead atoms. The highest BCUT2D eigenvalue weighted by molar-refractivity contribution is 5.93. The lowest BCUT2D eigenvalue weighted by Crippen LogP contribution is -2.38. The second kappa shape index (κ2) is 7.60. The molecule has 2 aromatic carbocycles. The van der Waals surface area contributed by atoms with Gasteiger partial charge in [0, 0.05) is 30.3 Å². The highest BCUT2D eigenvalue weighted by Gasteiger charge is 2.27. The van der Waals surface area contributed by atoms with Gasteiger partial charge in [-0.05, 0) is 54.7 Å². The largest absolute Gasteiger partial charge is 0.454 e. The second-order valence-corrected chi connectivity index (χ2v) is 7.48. The second-order valence-electron chi connectivity index (χ2n) is 7.48. The molecule has 6 heteroatoms. The first kappa shape index (κ1) is 18.3. The van der Waals surface area contributed by atoms with Crippen LogP contribution in [0.2, 0.25) is 0 Å². The molecule has 6 nitrogen and oxygen atoms in total. The number of aromatic nitrogens is 1. The van der Waals surface area contributed by atoms with Gasteiger partial charge in [0.2, 0.25) is 6.79 Å². The molecular formula is C24H20N2O4. The third kappa shape index (κ3) is 3.39. The van der Waals surface area contributed by atoms with Crippen molar-refractivity contribution in [2.24, 2.45) is 0 Å². The van der Waals surface area contributed by atoms with Crippen molar-refractivity contribution in [2.45, 2.75) is 18.8 Å². The molecule has 5 rings (SSSR count). The van der Waals surface area contributed by atoms with Crippen LogP contribution < -0.4 is 9.47 Å². The van der Waals surface area contributed by atoms with Crippen LogP contribution in [0.3, 0.4) is 0 Å². The van der Waals surface area contributed by atoms with Crippen LogP contribution in [-0.2, 0) is 0 Å². The average molecular weight is 400 g/mol. The van der Waals surface area contributed by atoms with E-state index in [0.29, 0.717) is 42.0 Å². The third-order valence-corrected chi connectivity index (χ3v) is 5.72. The minimum atomic E-state index is -0.105. The number of hydrogen-bond donors (Lipinski definition) is 0. The summed E-state index contributed by atoms with van der Waals surface area (Å²) in [5.74, 6) is 4.86. The van der Waals surface area contributed by atoms with E-state index in [0.717, 1.165) is 24.0 Å².